The van der Waals surface area contributed by atoms with Gasteiger partial charge in [-0.2, -0.15) is 0 Å². The van der Waals surface area contributed by atoms with Crippen molar-refractivity contribution in [3.63, 3.8) is 0 Å². The highest BCUT2D eigenvalue weighted by molar-refractivity contribution is 5.17. The number of nitrogens with two attached hydrogens (primary N) is 1. The van der Waals surface area contributed by atoms with Crippen molar-refractivity contribution < 1.29 is 0 Å². The van der Waals surface area contributed by atoms with Gasteiger partial charge in [-0.1, -0.05) is 26.3 Å². The normalized spacial score (nSPS) is 20.1. The summed E-state index contributed by atoms with van der Waals surface area (Å²) in [6.07, 6.45) is 11.0. The van der Waals surface area contributed by atoms with Crippen molar-refractivity contribution in [1.82, 2.24) is 4.90 Å². The number of hydrogen-bond donors (Lipinski definition) is 1. The van der Waals surface area contributed by atoms with Crippen LogP contribution in [-0.2, 0) is 0 Å². The van der Waals surface area contributed by atoms with Crippen molar-refractivity contribution in [2.24, 2.45) is 11.7 Å². The Morgan fingerprint density at radius 3 is 2.47 bits per heavy atom. The van der Waals surface area contributed by atoms with Crippen molar-refractivity contribution in [1.29, 1.82) is 0 Å². The molecule has 0 aromatic rings. The molecule has 0 atom stereocenters. The SMILES string of the molecule is CC/C=C(\C=C/N)N1CCC(CC)CC1. The molecular formula is C13H24N2. The lowest BCUT2D eigenvalue weighted by Crippen LogP contribution is -2.32. The highest BCUT2D eigenvalue weighted by Gasteiger charge is 2.17. The van der Waals surface area contributed by atoms with E-state index in [0.29, 0.717) is 0 Å². The van der Waals surface area contributed by atoms with Crippen LogP contribution in [0.4, 0.5) is 0 Å². The van der Waals surface area contributed by atoms with Crippen LogP contribution in [0, 0.1) is 5.92 Å². The average molecular weight is 208 g/mol. The predicted octanol–water partition coefficient (Wildman–Crippen LogP) is 2.87. The zero-order valence-corrected chi connectivity index (χ0v) is 10.1. The molecule has 1 heterocycles. The molecule has 1 fully saturated rings. The lowest BCUT2D eigenvalue weighted by molar-refractivity contribution is 0.227. The van der Waals surface area contributed by atoms with E-state index in [-0.39, 0.29) is 0 Å². The van der Waals surface area contributed by atoms with E-state index in [2.05, 4.69) is 24.8 Å². The van der Waals surface area contributed by atoms with Gasteiger partial charge in [-0.25, -0.2) is 0 Å². The van der Waals surface area contributed by atoms with Crippen molar-refractivity contribution >= 4 is 0 Å². The zero-order valence-electron chi connectivity index (χ0n) is 10.1. The van der Waals surface area contributed by atoms with Crippen LogP contribution in [0.5, 0.6) is 0 Å². The van der Waals surface area contributed by atoms with E-state index in [9.17, 15) is 0 Å². The molecule has 0 aromatic heterocycles. The third-order valence-electron chi connectivity index (χ3n) is 3.24. The zero-order chi connectivity index (χ0) is 11.1. The lowest BCUT2D eigenvalue weighted by atomic mass is 9.94. The minimum Gasteiger partial charge on any atom is -0.405 e. The van der Waals surface area contributed by atoms with E-state index in [1.54, 1.807) is 6.20 Å². The van der Waals surface area contributed by atoms with Gasteiger partial charge in [0.2, 0.25) is 0 Å². The number of hydrogen-bond acceptors (Lipinski definition) is 2. The van der Waals surface area contributed by atoms with Crippen LogP contribution in [0.2, 0.25) is 0 Å². The molecule has 86 valence electrons. The first-order valence-corrected chi connectivity index (χ1v) is 6.15. The molecule has 1 aliphatic heterocycles. The molecule has 1 rings (SSSR count). The fourth-order valence-corrected chi connectivity index (χ4v) is 2.21. The third-order valence-corrected chi connectivity index (χ3v) is 3.24. The Labute approximate surface area is 93.8 Å². The second kappa shape index (κ2) is 6.54. The number of piperidine rings is 1. The van der Waals surface area contributed by atoms with E-state index >= 15 is 0 Å². The summed E-state index contributed by atoms with van der Waals surface area (Å²) in [6.45, 7) is 6.84. The largest absolute Gasteiger partial charge is 0.405 e. The van der Waals surface area contributed by atoms with Crippen LogP contribution in [-0.4, -0.2) is 18.0 Å². The van der Waals surface area contributed by atoms with E-state index in [1.165, 1.54) is 38.0 Å². The highest BCUT2D eigenvalue weighted by atomic mass is 15.1. The molecule has 1 aliphatic rings. The van der Waals surface area contributed by atoms with Gasteiger partial charge >= 0.3 is 0 Å². The molecule has 0 aliphatic carbocycles. The molecule has 0 spiro atoms. The summed E-state index contributed by atoms with van der Waals surface area (Å²) < 4.78 is 0. The second-order valence-electron chi connectivity index (χ2n) is 4.24. The molecule has 2 heteroatoms. The molecule has 0 aromatic carbocycles. The van der Waals surface area contributed by atoms with Gasteiger partial charge in [0.05, 0.1) is 0 Å². The molecule has 0 bridgehead atoms. The first-order chi connectivity index (χ1) is 7.31. The molecule has 2 nitrogen and oxygen atoms in total. The van der Waals surface area contributed by atoms with Crippen LogP contribution >= 0.6 is 0 Å². The molecule has 2 N–H and O–H groups in total. The predicted molar refractivity (Wildman–Crippen MR) is 66.3 cm³/mol. The van der Waals surface area contributed by atoms with Gasteiger partial charge in [0.25, 0.3) is 0 Å². The summed E-state index contributed by atoms with van der Waals surface area (Å²) in [5, 5.41) is 0. The Hall–Kier alpha value is -0.920. The van der Waals surface area contributed by atoms with E-state index < -0.39 is 0 Å². The van der Waals surface area contributed by atoms with Crippen LogP contribution in [0.25, 0.3) is 0 Å². The van der Waals surface area contributed by atoms with E-state index in [4.69, 9.17) is 5.73 Å². The summed E-state index contributed by atoms with van der Waals surface area (Å²) in [7, 11) is 0. The highest BCUT2D eigenvalue weighted by Crippen LogP contribution is 2.23. The van der Waals surface area contributed by atoms with Gasteiger partial charge in [-0.05, 0) is 37.5 Å². The second-order valence-corrected chi connectivity index (χ2v) is 4.24. The van der Waals surface area contributed by atoms with Gasteiger partial charge < -0.3 is 10.6 Å². The molecule has 0 saturated carbocycles. The maximum Gasteiger partial charge on any atom is 0.0339 e. The molecular weight excluding hydrogens is 184 g/mol. The van der Waals surface area contributed by atoms with Crippen LogP contribution < -0.4 is 5.73 Å². The summed E-state index contributed by atoms with van der Waals surface area (Å²) in [4.78, 5) is 2.46. The van der Waals surface area contributed by atoms with Crippen LogP contribution in [0.15, 0.2) is 24.0 Å². The number of likely N-dealkylation sites (tertiary alicyclic amines) is 1. The van der Waals surface area contributed by atoms with Gasteiger partial charge in [0.15, 0.2) is 0 Å². The lowest BCUT2D eigenvalue weighted by Gasteiger charge is -2.34. The minimum atomic E-state index is 0.936. The molecule has 1 saturated heterocycles. The topological polar surface area (TPSA) is 29.3 Å². The van der Waals surface area contributed by atoms with E-state index in [0.717, 1.165) is 12.3 Å². The Balaban J connectivity index is 2.53. The Morgan fingerprint density at radius 2 is 2.00 bits per heavy atom. The Bertz CT molecular complexity index is 223. The van der Waals surface area contributed by atoms with Crippen LogP contribution in [0.1, 0.15) is 39.5 Å². The van der Waals surface area contributed by atoms with Gasteiger partial charge in [0.1, 0.15) is 0 Å². The average Bonchev–Trinajstić information content (AvgIpc) is 2.29. The third kappa shape index (κ3) is 3.61. The smallest absolute Gasteiger partial charge is 0.0339 e. The number of rotatable bonds is 4. The summed E-state index contributed by atoms with van der Waals surface area (Å²) in [5.41, 5.74) is 6.77. The Morgan fingerprint density at radius 1 is 1.33 bits per heavy atom. The number of nitrogens with zero attached hydrogens (tertiary/aromatic N) is 1. The summed E-state index contributed by atoms with van der Waals surface area (Å²) in [5.74, 6) is 0.936. The molecule has 0 unspecified atom stereocenters. The summed E-state index contributed by atoms with van der Waals surface area (Å²) >= 11 is 0. The van der Waals surface area contributed by atoms with Gasteiger partial charge in [-0.15, -0.1) is 0 Å². The maximum atomic E-state index is 5.47. The maximum absolute atomic E-state index is 5.47. The van der Waals surface area contributed by atoms with Crippen molar-refractivity contribution in [3.8, 4) is 0 Å². The number of allylic oxidation sites excluding steroid dienone is 2. The van der Waals surface area contributed by atoms with Crippen molar-refractivity contribution in [3.05, 3.63) is 24.0 Å². The van der Waals surface area contributed by atoms with Crippen LogP contribution in [0.3, 0.4) is 0 Å². The Kier molecular flexibility index (Phi) is 5.30. The molecule has 0 radical (unpaired) electrons. The van der Waals surface area contributed by atoms with Crippen molar-refractivity contribution in [2.75, 3.05) is 13.1 Å². The first-order valence-electron chi connectivity index (χ1n) is 6.15. The molecule has 15 heavy (non-hydrogen) atoms. The first kappa shape index (κ1) is 12.2. The van der Waals surface area contributed by atoms with Gasteiger partial charge in [-0.3, -0.25) is 0 Å². The summed E-state index contributed by atoms with van der Waals surface area (Å²) in [6, 6.07) is 0. The standard InChI is InChI=1S/C13H24N2/c1-3-5-13(6-9-14)15-10-7-12(4-2)8-11-15/h5-6,9,12H,3-4,7-8,10-11,14H2,1-2H3/b9-6-,13-5+. The fraction of sp³-hybridized carbons (Fsp3) is 0.692. The van der Waals surface area contributed by atoms with Crippen molar-refractivity contribution in [2.45, 2.75) is 39.5 Å². The van der Waals surface area contributed by atoms with E-state index in [1.807, 2.05) is 6.08 Å². The monoisotopic (exact) mass is 208 g/mol. The van der Waals surface area contributed by atoms with Gasteiger partial charge in [0, 0.05) is 18.8 Å². The fourth-order valence-electron chi connectivity index (χ4n) is 2.21. The quantitative estimate of drug-likeness (QED) is 0.720. The molecule has 0 amide bonds. The minimum absolute atomic E-state index is 0.936.